The van der Waals surface area contributed by atoms with E-state index < -0.39 is 24.4 Å². The second-order valence-electron chi connectivity index (χ2n) is 6.93. The molecule has 32 heavy (non-hydrogen) atoms. The first-order valence-electron chi connectivity index (χ1n) is 9.60. The minimum atomic E-state index is -1.02. The minimum Gasteiger partial charge on any atom is -0.508 e. The number of allylic oxidation sites excluding steroid dienone is 1. The van der Waals surface area contributed by atoms with E-state index in [1.165, 1.54) is 19.2 Å². The fourth-order valence-electron chi connectivity index (χ4n) is 3.04. The Morgan fingerprint density at radius 1 is 1.31 bits per heavy atom. The van der Waals surface area contributed by atoms with Crippen LogP contribution in [0.2, 0.25) is 10.0 Å². The van der Waals surface area contributed by atoms with Crippen molar-refractivity contribution in [2.45, 2.75) is 19.9 Å². The first kappa shape index (κ1) is 25.5. The van der Waals surface area contributed by atoms with Crippen molar-refractivity contribution >= 4 is 40.9 Å². The van der Waals surface area contributed by atoms with Crippen LogP contribution in [0.4, 0.5) is 4.39 Å². The van der Waals surface area contributed by atoms with E-state index >= 15 is 0 Å². The van der Waals surface area contributed by atoms with E-state index in [1.54, 1.807) is 38.1 Å². The molecule has 2 aromatic carbocycles. The number of halogens is 3. The fraction of sp³-hybridized carbons (Fsp3) is 0.208. The predicted molar refractivity (Wildman–Crippen MR) is 127 cm³/mol. The summed E-state index contributed by atoms with van der Waals surface area (Å²) < 4.78 is 19.7. The van der Waals surface area contributed by atoms with Crippen LogP contribution >= 0.6 is 23.2 Å². The molecular weight excluding hydrogens is 456 g/mol. The summed E-state index contributed by atoms with van der Waals surface area (Å²) in [6.45, 7) is 6.34. The van der Waals surface area contributed by atoms with E-state index in [1.807, 2.05) is 0 Å². The number of amides is 1. The summed E-state index contributed by atoms with van der Waals surface area (Å²) in [7, 11) is 1.47. The minimum absolute atomic E-state index is 0.0624. The molecule has 0 aliphatic carbocycles. The first-order chi connectivity index (χ1) is 15.1. The Morgan fingerprint density at radius 2 is 2.00 bits per heavy atom. The van der Waals surface area contributed by atoms with Gasteiger partial charge in [-0.25, -0.2) is 4.39 Å². The zero-order valence-corrected chi connectivity index (χ0v) is 19.4. The molecular formula is C24H24Cl2FNO4. The largest absolute Gasteiger partial charge is 0.508 e. The smallest absolute Gasteiger partial charge is 0.251 e. The standard InChI is InChI=1S/C24H24Cl2FNO4/c1-5-6-16(10-18-13(2)9-21(32-4)23(26)22(18)25)24(31)28-20(12-29)17-8-7-15(14(3)30)11-19(17)27/h5-11,20,29-30H,3,12H2,1-2,4H3,(H,28,31)/b6-5-,16-10+/t20-/m1/s1. The second-order valence-corrected chi connectivity index (χ2v) is 7.68. The number of aryl methyl sites for hydroxylation is 1. The van der Waals surface area contributed by atoms with E-state index in [0.29, 0.717) is 11.3 Å². The van der Waals surface area contributed by atoms with Gasteiger partial charge in [0.15, 0.2) is 0 Å². The molecule has 0 aromatic heterocycles. The number of methoxy groups -OCH3 is 1. The lowest BCUT2D eigenvalue weighted by atomic mass is 10.0. The zero-order valence-electron chi connectivity index (χ0n) is 17.9. The summed E-state index contributed by atoms with van der Waals surface area (Å²) in [6, 6.07) is 4.58. The maximum atomic E-state index is 14.5. The van der Waals surface area contributed by atoms with Crippen molar-refractivity contribution in [1.29, 1.82) is 0 Å². The van der Waals surface area contributed by atoms with Crippen LogP contribution in [0, 0.1) is 12.7 Å². The molecule has 5 nitrogen and oxygen atoms in total. The lowest BCUT2D eigenvalue weighted by molar-refractivity contribution is -0.118. The number of carbonyl (C=O) groups excluding carboxylic acids is 1. The van der Waals surface area contributed by atoms with Gasteiger partial charge in [-0.15, -0.1) is 0 Å². The highest BCUT2D eigenvalue weighted by atomic mass is 35.5. The summed E-state index contributed by atoms with van der Waals surface area (Å²) in [5.41, 5.74) is 1.74. The van der Waals surface area contributed by atoms with Crippen LogP contribution in [-0.4, -0.2) is 29.8 Å². The summed E-state index contributed by atoms with van der Waals surface area (Å²) >= 11 is 12.6. The van der Waals surface area contributed by atoms with Gasteiger partial charge in [0.1, 0.15) is 22.3 Å². The number of hydrogen-bond donors (Lipinski definition) is 3. The lowest BCUT2D eigenvalue weighted by Gasteiger charge is -2.19. The van der Waals surface area contributed by atoms with Gasteiger partial charge in [0.05, 0.1) is 24.8 Å². The van der Waals surface area contributed by atoms with Gasteiger partial charge in [0, 0.05) is 16.7 Å². The Kier molecular flexibility index (Phi) is 8.89. The molecule has 170 valence electrons. The third-order valence-electron chi connectivity index (χ3n) is 4.74. The third kappa shape index (κ3) is 5.71. The first-order valence-corrected chi connectivity index (χ1v) is 10.4. The molecule has 0 radical (unpaired) electrons. The van der Waals surface area contributed by atoms with Crippen molar-refractivity contribution in [1.82, 2.24) is 5.32 Å². The molecule has 8 heteroatoms. The molecule has 0 unspecified atom stereocenters. The highest BCUT2D eigenvalue weighted by Gasteiger charge is 2.21. The highest BCUT2D eigenvalue weighted by molar-refractivity contribution is 6.44. The van der Waals surface area contributed by atoms with Gasteiger partial charge >= 0.3 is 0 Å². The molecule has 1 amide bonds. The molecule has 1 atom stereocenters. The molecule has 3 N–H and O–H groups in total. The molecule has 0 fully saturated rings. The molecule has 0 aliphatic heterocycles. The van der Waals surface area contributed by atoms with Crippen molar-refractivity contribution in [3.63, 3.8) is 0 Å². The summed E-state index contributed by atoms with van der Waals surface area (Å²) in [5, 5.41) is 22.3. The van der Waals surface area contributed by atoms with Gasteiger partial charge in [-0.1, -0.05) is 54.1 Å². The second kappa shape index (κ2) is 11.2. The van der Waals surface area contributed by atoms with E-state index in [9.17, 15) is 19.4 Å². The van der Waals surface area contributed by atoms with Gasteiger partial charge in [-0.3, -0.25) is 4.79 Å². The average molecular weight is 480 g/mol. The molecule has 2 aromatic rings. The normalized spacial score (nSPS) is 12.7. The predicted octanol–water partition coefficient (Wildman–Crippen LogP) is 5.79. The lowest BCUT2D eigenvalue weighted by Crippen LogP contribution is -2.32. The molecule has 0 aliphatic rings. The molecule has 0 heterocycles. The topological polar surface area (TPSA) is 78.8 Å². The number of aliphatic hydroxyl groups excluding tert-OH is 2. The van der Waals surface area contributed by atoms with Crippen molar-refractivity contribution < 1.29 is 24.1 Å². The summed E-state index contributed by atoms with van der Waals surface area (Å²) in [5.74, 6) is -1.13. The number of rotatable bonds is 8. The average Bonchev–Trinajstić information content (AvgIpc) is 2.76. The number of hydrogen-bond acceptors (Lipinski definition) is 4. The number of aliphatic hydroxyl groups is 2. The van der Waals surface area contributed by atoms with Crippen LogP contribution in [-0.2, 0) is 4.79 Å². The summed E-state index contributed by atoms with van der Waals surface area (Å²) in [4.78, 5) is 13.0. The number of ether oxygens (including phenoxy) is 1. The summed E-state index contributed by atoms with van der Waals surface area (Å²) in [6.07, 6.45) is 4.78. The molecule has 2 rings (SSSR count). The quantitative estimate of drug-likeness (QED) is 0.254. The molecule has 0 saturated heterocycles. The molecule has 0 spiro atoms. The van der Waals surface area contributed by atoms with Crippen LogP contribution in [0.15, 0.2) is 48.6 Å². The van der Waals surface area contributed by atoms with E-state index in [4.69, 9.17) is 27.9 Å². The van der Waals surface area contributed by atoms with Crippen molar-refractivity contribution in [3.05, 3.63) is 86.7 Å². The number of benzene rings is 2. The number of carbonyl (C=O) groups is 1. The van der Waals surface area contributed by atoms with Crippen molar-refractivity contribution in [2.24, 2.45) is 0 Å². The molecule has 0 saturated carbocycles. The van der Waals surface area contributed by atoms with Gasteiger partial charge in [0.25, 0.3) is 5.91 Å². The monoisotopic (exact) mass is 479 g/mol. The Labute approximate surface area is 196 Å². The van der Waals surface area contributed by atoms with Crippen LogP contribution in [0.25, 0.3) is 11.8 Å². The van der Waals surface area contributed by atoms with Gasteiger partial charge in [0.2, 0.25) is 0 Å². The maximum absolute atomic E-state index is 14.5. The zero-order chi connectivity index (χ0) is 24.0. The van der Waals surface area contributed by atoms with Crippen molar-refractivity contribution in [2.75, 3.05) is 13.7 Å². The highest BCUT2D eigenvalue weighted by Crippen LogP contribution is 2.38. The molecule has 0 bridgehead atoms. The van der Waals surface area contributed by atoms with Crippen LogP contribution < -0.4 is 10.1 Å². The SMILES string of the molecule is C=C(O)c1ccc([C@@H](CO)NC(=O)C(/C=C\C)=C/c2c(C)cc(OC)c(Cl)c2Cl)c(F)c1. The van der Waals surface area contributed by atoms with E-state index in [2.05, 4.69) is 11.9 Å². The van der Waals surface area contributed by atoms with Crippen molar-refractivity contribution in [3.8, 4) is 5.75 Å². The Morgan fingerprint density at radius 3 is 2.53 bits per heavy atom. The van der Waals surface area contributed by atoms with Crippen LogP contribution in [0.5, 0.6) is 5.75 Å². The fourth-order valence-corrected chi connectivity index (χ4v) is 3.57. The van der Waals surface area contributed by atoms with E-state index in [-0.39, 0.29) is 32.5 Å². The Hall–Kier alpha value is -2.80. The number of nitrogens with one attached hydrogen (secondary N) is 1. The third-order valence-corrected chi connectivity index (χ3v) is 5.61. The van der Waals surface area contributed by atoms with Gasteiger partial charge < -0.3 is 20.3 Å². The van der Waals surface area contributed by atoms with E-state index in [0.717, 1.165) is 11.6 Å². The Bertz CT molecular complexity index is 1100. The van der Waals surface area contributed by atoms with Crippen LogP contribution in [0.1, 0.15) is 35.2 Å². The maximum Gasteiger partial charge on any atom is 0.251 e. The van der Waals surface area contributed by atoms with Gasteiger partial charge in [-0.2, -0.15) is 0 Å². The van der Waals surface area contributed by atoms with Crippen LogP contribution in [0.3, 0.4) is 0 Å². The Balaban J connectivity index is 2.42. The van der Waals surface area contributed by atoms with Gasteiger partial charge in [-0.05, 0) is 43.2 Å².